The second-order valence-electron chi connectivity index (χ2n) is 7.54. The van der Waals surface area contributed by atoms with Crippen LogP contribution >= 0.6 is 11.6 Å². The first-order valence-electron chi connectivity index (χ1n) is 9.65. The van der Waals surface area contributed by atoms with E-state index in [9.17, 15) is 17.6 Å². The van der Waals surface area contributed by atoms with Crippen LogP contribution in [0, 0.1) is 11.7 Å². The molecule has 0 radical (unpaired) electrons. The van der Waals surface area contributed by atoms with Crippen LogP contribution in [-0.2, 0) is 21.4 Å². The lowest BCUT2D eigenvalue weighted by Crippen LogP contribution is -2.40. The Labute approximate surface area is 181 Å². The molecule has 1 heterocycles. The van der Waals surface area contributed by atoms with Crippen LogP contribution in [0.25, 0.3) is 0 Å². The van der Waals surface area contributed by atoms with E-state index in [1.165, 1.54) is 13.1 Å². The molecule has 0 saturated carbocycles. The van der Waals surface area contributed by atoms with Crippen LogP contribution in [0.4, 0.5) is 15.8 Å². The first-order chi connectivity index (χ1) is 14.1. The van der Waals surface area contributed by atoms with E-state index in [4.69, 9.17) is 11.6 Å². The number of piperidine rings is 1. The highest BCUT2D eigenvalue weighted by atomic mass is 35.5. The highest BCUT2D eigenvalue weighted by Crippen LogP contribution is 2.26. The molecule has 1 saturated heterocycles. The fourth-order valence-corrected chi connectivity index (χ4v) is 4.25. The van der Waals surface area contributed by atoms with E-state index in [1.54, 1.807) is 36.4 Å². The van der Waals surface area contributed by atoms with E-state index in [1.807, 2.05) is 4.90 Å². The van der Waals surface area contributed by atoms with Gasteiger partial charge in [0.2, 0.25) is 15.9 Å². The molecule has 1 aliphatic heterocycles. The highest BCUT2D eigenvalue weighted by molar-refractivity contribution is 7.92. The first-order valence-corrected chi connectivity index (χ1v) is 11.9. The molecule has 6 nitrogen and oxygen atoms in total. The number of rotatable bonds is 6. The molecule has 1 aliphatic rings. The molecular formula is C21H25ClFN3O3S. The maximum atomic E-state index is 14.1. The summed E-state index contributed by atoms with van der Waals surface area (Å²) in [5, 5.41) is 3.26. The van der Waals surface area contributed by atoms with Crippen LogP contribution in [0.2, 0.25) is 5.02 Å². The SMILES string of the molecule is CN(c1cccc(NC(=O)C2CCCN(Cc3c(F)cccc3Cl)C2)c1)S(C)(=O)=O. The third-order valence-corrected chi connectivity index (χ3v) is 6.85. The van der Waals surface area contributed by atoms with Gasteiger partial charge < -0.3 is 5.32 Å². The molecule has 3 rings (SSSR count). The summed E-state index contributed by atoms with van der Waals surface area (Å²) < 4.78 is 38.7. The van der Waals surface area contributed by atoms with Gasteiger partial charge >= 0.3 is 0 Å². The average molecular weight is 454 g/mol. The van der Waals surface area contributed by atoms with Gasteiger partial charge in [-0.2, -0.15) is 0 Å². The monoisotopic (exact) mass is 453 g/mol. The van der Waals surface area contributed by atoms with Gasteiger partial charge in [-0.1, -0.05) is 23.7 Å². The summed E-state index contributed by atoms with van der Waals surface area (Å²) in [6.07, 6.45) is 2.67. The lowest BCUT2D eigenvalue weighted by atomic mass is 9.96. The second kappa shape index (κ2) is 9.32. The van der Waals surface area contributed by atoms with Gasteiger partial charge in [-0.05, 0) is 49.7 Å². The third kappa shape index (κ3) is 5.50. The normalized spacial score (nSPS) is 17.5. The van der Waals surface area contributed by atoms with Crippen LogP contribution in [0.15, 0.2) is 42.5 Å². The molecule has 2 aromatic rings. The van der Waals surface area contributed by atoms with E-state index in [0.717, 1.165) is 29.9 Å². The molecule has 1 atom stereocenters. The number of hydrogen-bond acceptors (Lipinski definition) is 4. The zero-order valence-electron chi connectivity index (χ0n) is 16.9. The number of hydrogen-bond donors (Lipinski definition) is 1. The summed E-state index contributed by atoms with van der Waals surface area (Å²) in [5.74, 6) is -0.736. The number of likely N-dealkylation sites (tertiary alicyclic amines) is 1. The zero-order chi connectivity index (χ0) is 21.9. The van der Waals surface area contributed by atoms with Crippen molar-refractivity contribution in [2.24, 2.45) is 5.92 Å². The minimum absolute atomic E-state index is 0.140. The molecule has 1 N–H and O–H groups in total. The Balaban J connectivity index is 1.66. The number of sulfonamides is 1. The Morgan fingerprint density at radius 3 is 2.73 bits per heavy atom. The molecule has 30 heavy (non-hydrogen) atoms. The van der Waals surface area contributed by atoms with Gasteiger partial charge in [-0.3, -0.25) is 14.0 Å². The molecular weight excluding hydrogens is 429 g/mol. The molecule has 1 amide bonds. The largest absolute Gasteiger partial charge is 0.326 e. The van der Waals surface area contributed by atoms with E-state index < -0.39 is 10.0 Å². The Hall–Kier alpha value is -2.16. The predicted octanol–water partition coefficient (Wildman–Crippen LogP) is 3.73. The van der Waals surface area contributed by atoms with E-state index >= 15 is 0 Å². The van der Waals surface area contributed by atoms with Crippen molar-refractivity contribution in [3.63, 3.8) is 0 Å². The van der Waals surface area contributed by atoms with Gasteiger partial charge in [0.25, 0.3) is 0 Å². The molecule has 2 aromatic carbocycles. The minimum Gasteiger partial charge on any atom is -0.326 e. The topological polar surface area (TPSA) is 69.7 Å². The van der Waals surface area contributed by atoms with Crippen molar-refractivity contribution in [1.82, 2.24) is 4.90 Å². The van der Waals surface area contributed by atoms with Crippen LogP contribution in [0.3, 0.4) is 0 Å². The summed E-state index contributed by atoms with van der Waals surface area (Å²) in [5.41, 5.74) is 1.44. The minimum atomic E-state index is -3.39. The summed E-state index contributed by atoms with van der Waals surface area (Å²) in [7, 11) is -1.93. The number of carbonyl (C=O) groups excluding carboxylic acids is 1. The highest BCUT2D eigenvalue weighted by Gasteiger charge is 2.27. The lowest BCUT2D eigenvalue weighted by molar-refractivity contribution is -0.121. The summed E-state index contributed by atoms with van der Waals surface area (Å²) in [6, 6.07) is 11.3. The first kappa shape index (κ1) is 22.5. The van der Waals surface area contributed by atoms with Gasteiger partial charge in [0.05, 0.1) is 17.9 Å². The van der Waals surface area contributed by atoms with Crippen molar-refractivity contribution in [2.75, 3.05) is 36.0 Å². The Bertz CT molecular complexity index is 1010. The third-order valence-electron chi connectivity index (χ3n) is 5.29. The summed E-state index contributed by atoms with van der Waals surface area (Å²) in [6.45, 7) is 1.62. The molecule has 0 spiro atoms. The lowest BCUT2D eigenvalue weighted by Gasteiger charge is -2.32. The maximum absolute atomic E-state index is 14.1. The smallest absolute Gasteiger partial charge is 0.231 e. The fourth-order valence-electron chi connectivity index (χ4n) is 3.54. The van der Waals surface area contributed by atoms with Crippen LogP contribution in [-0.4, -0.2) is 45.6 Å². The van der Waals surface area contributed by atoms with Crippen LogP contribution in [0.5, 0.6) is 0 Å². The molecule has 1 unspecified atom stereocenters. The standard InChI is InChI=1S/C21H25ClFN3O3S/c1-25(30(2,28)29)17-8-3-7-16(12-17)24-21(27)15-6-5-11-26(13-15)14-18-19(22)9-4-10-20(18)23/h3-4,7-10,12,15H,5-6,11,13-14H2,1-2H3,(H,24,27). The number of benzene rings is 2. The molecule has 0 aromatic heterocycles. The molecule has 0 bridgehead atoms. The maximum Gasteiger partial charge on any atom is 0.231 e. The number of carbonyl (C=O) groups is 1. The molecule has 162 valence electrons. The zero-order valence-corrected chi connectivity index (χ0v) is 18.5. The number of nitrogens with zero attached hydrogens (tertiary/aromatic N) is 2. The van der Waals surface area contributed by atoms with Crippen LogP contribution < -0.4 is 9.62 Å². The Kier molecular flexibility index (Phi) is 7.00. The van der Waals surface area contributed by atoms with Crippen molar-refractivity contribution >= 4 is 38.9 Å². The van der Waals surface area contributed by atoms with Gasteiger partial charge in [0.15, 0.2) is 0 Å². The molecule has 1 fully saturated rings. The van der Waals surface area contributed by atoms with Crippen molar-refractivity contribution in [1.29, 1.82) is 0 Å². The van der Waals surface area contributed by atoms with Gasteiger partial charge in [0, 0.05) is 36.4 Å². The van der Waals surface area contributed by atoms with E-state index in [0.29, 0.717) is 35.1 Å². The molecule has 9 heteroatoms. The van der Waals surface area contributed by atoms with E-state index in [-0.39, 0.29) is 17.6 Å². The van der Waals surface area contributed by atoms with E-state index in [2.05, 4.69) is 5.32 Å². The number of nitrogens with one attached hydrogen (secondary N) is 1. The summed E-state index contributed by atoms with van der Waals surface area (Å²) in [4.78, 5) is 14.8. The Morgan fingerprint density at radius 1 is 1.30 bits per heavy atom. The van der Waals surface area contributed by atoms with Gasteiger partial charge in [-0.25, -0.2) is 12.8 Å². The van der Waals surface area contributed by atoms with Crippen molar-refractivity contribution in [2.45, 2.75) is 19.4 Å². The average Bonchev–Trinajstić information content (AvgIpc) is 2.70. The number of anilines is 2. The van der Waals surface area contributed by atoms with Crippen molar-refractivity contribution in [3.05, 3.63) is 58.9 Å². The second-order valence-corrected chi connectivity index (χ2v) is 9.97. The fraction of sp³-hybridized carbons (Fsp3) is 0.381. The van der Waals surface area contributed by atoms with Crippen LogP contribution in [0.1, 0.15) is 18.4 Å². The Morgan fingerprint density at radius 2 is 2.03 bits per heavy atom. The van der Waals surface area contributed by atoms with Crippen molar-refractivity contribution in [3.8, 4) is 0 Å². The number of halogens is 2. The number of amides is 1. The summed E-state index contributed by atoms with van der Waals surface area (Å²) >= 11 is 6.13. The quantitative estimate of drug-likeness (QED) is 0.723. The van der Waals surface area contributed by atoms with Gasteiger partial charge in [0.1, 0.15) is 5.82 Å². The predicted molar refractivity (Wildman–Crippen MR) is 118 cm³/mol. The van der Waals surface area contributed by atoms with Crippen molar-refractivity contribution < 1.29 is 17.6 Å². The van der Waals surface area contributed by atoms with Gasteiger partial charge in [-0.15, -0.1) is 0 Å². The molecule has 0 aliphatic carbocycles.